The van der Waals surface area contributed by atoms with Gasteiger partial charge in [0.05, 0.1) is 4.91 Å². The fourth-order valence-electron chi connectivity index (χ4n) is 2.59. The van der Waals surface area contributed by atoms with Gasteiger partial charge in [-0.25, -0.2) is 0 Å². The summed E-state index contributed by atoms with van der Waals surface area (Å²) >= 11 is 1.52. The first-order valence-corrected chi connectivity index (χ1v) is 7.68. The molecule has 0 atom stereocenters. The summed E-state index contributed by atoms with van der Waals surface area (Å²) < 4.78 is 0. The summed E-state index contributed by atoms with van der Waals surface area (Å²) in [6, 6.07) is 2.25. The maximum absolute atomic E-state index is 9.01. The predicted molar refractivity (Wildman–Crippen MR) is 81.3 cm³/mol. The minimum Gasteiger partial charge on any atom is -0.192 e. The molecule has 98 valence electrons. The molecule has 1 rings (SSSR count). The first-order chi connectivity index (χ1) is 8.42. The molecule has 0 bridgehead atoms. The molecule has 1 aliphatic carbocycles. The molecule has 0 fully saturated rings. The van der Waals surface area contributed by atoms with Gasteiger partial charge in [-0.1, -0.05) is 31.6 Å². The molecule has 0 aromatic heterocycles. The van der Waals surface area contributed by atoms with E-state index < -0.39 is 0 Å². The second kappa shape index (κ2) is 6.29. The van der Waals surface area contributed by atoms with Gasteiger partial charge in [0.1, 0.15) is 6.07 Å². The lowest BCUT2D eigenvalue weighted by molar-refractivity contribution is 0.377. The molecule has 2 heteroatoms. The maximum atomic E-state index is 9.01. The van der Waals surface area contributed by atoms with E-state index in [2.05, 4.69) is 39.0 Å². The highest BCUT2D eigenvalue weighted by atomic mass is 32.2. The fourth-order valence-corrected chi connectivity index (χ4v) is 3.07. The molecule has 1 nitrogen and oxygen atoms in total. The lowest BCUT2D eigenvalue weighted by atomic mass is 9.72. The average Bonchev–Trinajstić information content (AvgIpc) is 2.29. The number of hydrogen-bond donors (Lipinski definition) is 0. The van der Waals surface area contributed by atoms with Crippen LogP contribution in [0.5, 0.6) is 0 Å². The minimum absolute atomic E-state index is 0.269. The van der Waals surface area contributed by atoms with Crippen LogP contribution in [0.15, 0.2) is 33.8 Å². The molecule has 0 amide bonds. The van der Waals surface area contributed by atoms with Crippen molar-refractivity contribution in [1.29, 1.82) is 5.26 Å². The summed E-state index contributed by atoms with van der Waals surface area (Å²) in [6.45, 7) is 8.87. The molecule has 0 radical (unpaired) electrons. The first-order valence-electron chi connectivity index (χ1n) is 6.45. The molecule has 1 aliphatic rings. The molecular formula is C16H23NS. The van der Waals surface area contributed by atoms with Gasteiger partial charge in [0.2, 0.25) is 0 Å². The average molecular weight is 261 g/mol. The van der Waals surface area contributed by atoms with Crippen LogP contribution in [0.2, 0.25) is 0 Å². The minimum atomic E-state index is 0.269. The van der Waals surface area contributed by atoms with Crippen molar-refractivity contribution in [2.45, 2.75) is 47.0 Å². The van der Waals surface area contributed by atoms with E-state index in [4.69, 9.17) is 5.26 Å². The summed E-state index contributed by atoms with van der Waals surface area (Å²) in [6.07, 6.45) is 10.0. The molecule has 0 saturated heterocycles. The third-order valence-electron chi connectivity index (χ3n) is 3.71. The number of allylic oxidation sites excluding steroid dienone is 6. The number of nitrogens with zero attached hydrogens (tertiary/aromatic N) is 1. The molecule has 0 N–H and O–H groups in total. The van der Waals surface area contributed by atoms with Crippen molar-refractivity contribution in [2.24, 2.45) is 5.41 Å². The molecule has 0 spiro atoms. The standard InChI is InChI=1S/C16H23NS/c1-12-7-6-10-16(3,4)14(12)9-8-13(2)15(11-17)18-5/h8-9H,6-7,10H2,1-5H3/b9-8+,15-13-. The Bertz CT molecular complexity index is 444. The quantitative estimate of drug-likeness (QED) is 0.513. The van der Waals surface area contributed by atoms with Crippen LogP contribution in [0.4, 0.5) is 0 Å². The Morgan fingerprint density at radius 1 is 1.44 bits per heavy atom. The van der Waals surface area contributed by atoms with Crippen molar-refractivity contribution < 1.29 is 0 Å². The summed E-state index contributed by atoms with van der Waals surface area (Å²) in [5.41, 5.74) is 4.28. The van der Waals surface area contributed by atoms with Gasteiger partial charge < -0.3 is 0 Å². The van der Waals surface area contributed by atoms with Crippen molar-refractivity contribution >= 4 is 11.8 Å². The van der Waals surface area contributed by atoms with E-state index in [1.54, 1.807) is 0 Å². The lowest BCUT2D eigenvalue weighted by Gasteiger charge is -2.33. The monoisotopic (exact) mass is 261 g/mol. The Morgan fingerprint density at radius 2 is 2.11 bits per heavy atom. The number of thioether (sulfide) groups is 1. The smallest absolute Gasteiger partial charge is 0.106 e. The van der Waals surface area contributed by atoms with Crippen molar-refractivity contribution in [2.75, 3.05) is 6.26 Å². The summed E-state index contributed by atoms with van der Waals surface area (Å²) in [7, 11) is 0. The van der Waals surface area contributed by atoms with Crippen molar-refractivity contribution in [3.05, 3.63) is 33.8 Å². The molecule has 18 heavy (non-hydrogen) atoms. The van der Waals surface area contributed by atoms with Crippen LogP contribution in [-0.4, -0.2) is 6.26 Å². The molecule has 0 unspecified atom stereocenters. The molecule has 0 aliphatic heterocycles. The Kier molecular flexibility index (Phi) is 5.28. The molecular weight excluding hydrogens is 238 g/mol. The predicted octanol–water partition coefficient (Wildman–Crippen LogP) is 5.23. The lowest BCUT2D eigenvalue weighted by Crippen LogP contribution is -2.19. The van der Waals surface area contributed by atoms with Crippen LogP contribution in [-0.2, 0) is 0 Å². The second-order valence-electron chi connectivity index (χ2n) is 5.59. The van der Waals surface area contributed by atoms with Crippen LogP contribution >= 0.6 is 11.8 Å². The Balaban J connectivity index is 3.04. The van der Waals surface area contributed by atoms with E-state index in [1.165, 1.54) is 42.2 Å². The zero-order valence-corrected chi connectivity index (χ0v) is 12.9. The number of nitriles is 1. The Labute approximate surface area is 116 Å². The SMILES string of the molecule is CS/C(C#N)=C(C)\C=C\C1=C(C)CCCC1(C)C. The molecule has 0 aromatic carbocycles. The first kappa shape index (κ1) is 15.1. The largest absolute Gasteiger partial charge is 0.192 e. The van der Waals surface area contributed by atoms with Crippen LogP contribution < -0.4 is 0 Å². The molecule has 0 saturated carbocycles. The van der Waals surface area contributed by atoms with Gasteiger partial charge in [-0.2, -0.15) is 5.26 Å². The zero-order chi connectivity index (χ0) is 13.8. The highest BCUT2D eigenvalue weighted by Gasteiger charge is 2.26. The third-order valence-corrected chi connectivity index (χ3v) is 4.53. The number of rotatable bonds is 3. The van der Waals surface area contributed by atoms with Gasteiger partial charge >= 0.3 is 0 Å². The van der Waals surface area contributed by atoms with Crippen molar-refractivity contribution in [1.82, 2.24) is 0 Å². The zero-order valence-electron chi connectivity index (χ0n) is 12.1. The van der Waals surface area contributed by atoms with Crippen LogP contribution in [0.3, 0.4) is 0 Å². The fraction of sp³-hybridized carbons (Fsp3) is 0.562. The van der Waals surface area contributed by atoms with Crippen LogP contribution in [0.1, 0.15) is 47.0 Å². The van der Waals surface area contributed by atoms with Crippen molar-refractivity contribution in [3.63, 3.8) is 0 Å². The Hall–Kier alpha value is -0.940. The molecule has 0 heterocycles. The molecule has 0 aromatic rings. The van der Waals surface area contributed by atoms with E-state index in [-0.39, 0.29) is 5.41 Å². The van der Waals surface area contributed by atoms with Gasteiger partial charge in [0.15, 0.2) is 0 Å². The van der Waals surface area contributed by atoms with E-state index in [0.29, 0.717) is 0 Å². The highest BCUT2D eigenvalue weighted by molar-refractivity contribution is 8.02. The van der Waals surface area contributed by atoms with E-state index in [9.17, 15) is 0 Å². The van der Waals surface area contributed by atoms with Crippen molar-refractivity contribution in [3.8, 4) is 6.07 Å². The van der Waals surface area contributed by atoms with E-state index >= 15 is 0 Å². The van der Waals surface area contributed by atoms with Gasteiger partial charge in [0, 0.05) is 0 Å². The van der Waals surface area contributed by atoms with Crippen LogP contribution in [0, 0.1) is 16.7 Å². The highest BCUT2D eigenvalue weighted by Crippen LogP contribution is 2.40. The van der Waals surface area contributed by atoms with Gasteiger partial charge in [-0.3, -0.25) is 0 Å². The number of hydrogen-bond acceptors (Lipinski definition) is 2. The maximum Gasteiger partial charge on any atom is 0.106 e. The normalized spacial score (nSPS) is 20.9. The van der Waals surface area contributed by atoms with Gasteiger partial charge in [0.25, 0.3) is 0 Å². The van der Waals surface area contributed by atoms with Crippen LogP contribution in [0.25, 0.3) is 0 Å². The second-order valence-corrected chi connectivity index (χ2v) is 6.41. The van der Waals surface area contributed by atoms with Gasteiger partial charge in [-0.05, 0) is 55.9 Å². The van der Waals surface area contributed by atoms with E-state index in [1.807, 2.05) is 13.2 Å². The summed E-state index contributed by atoms with van der Waals surface area (Å²) in [5, 5.41) is 9.01. The third kappa shape index (κ3) is 3.53. The topological polar surface area (TPSA) is 23.8 Å². The summed E-state index contributed by atoms with van der Waals surface area (Å²) in [5.74, 6) is 0. The Morgan fingerprint density at radius 3 is 2.61 bits per heavy atom. The van der Waals surface area contributed by atoms with Gasteiger partial charge in [-0.15, -0.1) is 11.8 Å². The summed E-state index contributed by atoms with van der Waals surface area (Å²) in [4.78, 5) is 0.804. The van der Waals surface area contributed by atoms with E-state index in [0.717, 1.165) is 10.5 Å².